The fourth-order valence-electron chi connectivity index (χ4n) is 5.72. The van der Waals surface area contributed by atoms with Gasteiger partial charge in [-0.3, -0.25) is 4.84 Å². The zero-order valence-electron chi connectivity index (χ0n) is 23.7. The summed E-state index contributed by atoms with van der Waals surface area (Å²) in [5.74, 6) is 0. The molecule has 0 radical (unpaired) electrons. The first-order valence-corrected chi connectivity index (χ1v) is 14.9. The minimum Gasteiger partial charge on any atom is -0.378 e. The van der Waals surface area contributed by atoms with Gasteiger partial charge in [0.1, 0.15) is 0 Å². The summed E-state index contributed by atoms with van der Waals surface area (Å²) in [7, 11) is 0. The predicted octanol–water partition coefficient (Wildman–Crippen LogP) is 9.63. The van der Waals surface area contributed by atoms with Gasteiger partial charge in [0, 0.05) is 17.7 Å². The van der Waals surface area contributed by atoms with Crippen LogP contribution in [0.15, 0.2) is 0 Å². The van der Waals surface area contributed by atoms with Crippen LogP contribution in [-0.2, 0) is 9.57 Å². The lowest BCUT2D eigenvalue weighted by atomic mass is 9.80. The number of rotatable bonds is 21. The van der Waals surface area contributed by atoms with Crippen molar-refractivity contribution in [2.45, 2.75) is 181 Å². The van der Waals surface area contributed by atoms with E-state index in [2.05, 4.69) is 46.6 Å². The molecule has 0 saturated carbocycles. The van der Waals surface area contributed by atoms with Crippen molar-refractivity contribution in [3.63, 3.8) is 0 Å². The van der Waals surface area contributed by atoms with Crippen LogP contribution >= 0.6 is 0 Å². The molecule has 3 nitrogen and oxygen atoms in total. The zero-order valence-corrected chi connectivity index (χ0v) is 23.7. The smallest absolute Gasteiger partial charge is 0.0683 e. The van der Waals surface area contributed by atoms with Gasteiger partial charge in [0.05, 0.1) is 12.7 Å². The molecule has 33 heavy (non-hydrogen) atoms. The fraction of sp³-hybridized carbons (Fsp3) is 1.00. The normalized spacial score (nSPS) is 18.7. The van der Waals surface area contributed by atoms with Gasteiger partial charge in [-0.15, -0.1) is 0 Å². The van der Waals surface area contributed by atoms with E-state index >= 15 is 0 Å². The maximum atomic E-state index is 6.34. The van der Waals surface area contributed by atoms with Gasteiger partial charge in [-0.25, -0.2) is 0 Å². The van der Waals surface area contributed by atoms with Crippen molar-refractivity contribution < 1.29 is 9.57 Å². The summed E-state index contributed by atoms with van der Waals surface area (Å²) < 4.78 is 6.34. The van der Waals surface area contributed by atoms with Crippen molar-refractivity contribution in [2.75, 3.05) is 13.2 Å². The Labute approximate surface area is 208 Å². The van der Waals surface area contributed by atoms with Crippen molar-refractivity contribution in [2.24, 2.45) is 0 Å². The molecule has 0 aromatic heterocycles. The molecule has 1 heterocycles. The second-order valence-electron chi connectivity index (χ2n) is 12.0. The van der Waals surface area contributed by atoms with E-state index in [1.54, 1.807) is 0 Å². The maximum Gasteiger partial charge on any atom is 0.0683 e. The third-order valence-electron chi connectivity index (χ3n) is 7.33. The molecule has 1 aliphatic rings. The molecule has 0 aromatic rings. The Morgan fingerprint density at radius 1 is 0.545 bits per heavy atom. The highest BCUT2D eigenvalue weighted by molar-refractivity contribution is 4.97. The van der Waals surface area contributed by atoms with E-state index < -0.39 is 0 Å². The molecule has 0 aromatic carbocycles. The molecule has 0 bridgehead atoms. The number of nitrogens with zero attached hydrogens (tertiary/aromatic N) is 1. The topological polar surface area (TPSA) is 21.7 Å². The first-order valence-electron chi connectivity index (χ1n) is 14.9. The third kappa shape index (κ3) is 14.1. The van der Waals surface area contributed by atoms with Crippen LogP contribution in [0.25, 0.3) is 0 Å². The fourth-order valence-corrected chi connectivity index (χ4v) is 5.72. The summed E-state index contributed by atoms with van der Waals surface area (Å²) in [4.78, 5) is 6.13. The summed E-state index contributed by atoms with van der Waals surface area (Å²) >= 11 is 0. The monoisotopic (exact) mass is 467 g/mol. The van der Waals surface area contributed by atoms with Crippen molar-refractivity contribution in [1.82, 2.24) is 5.06 Å². The first-order chi connectivity index (χ1) is 15.8. The van der Waals surface area contributed by atoms with E-state index in [1.807, 2.05) is 0 Å². The molecule has 1 aliphatic heterocycles. The third-order valence-corrected chi connectivity index (χ3v) is 7.33. The largest absolute Gasteiger partial charge is 0.378 e. The number of unbranched alkanes of at least 4 members (excludes halogenated alkanes) is 15. The van der Waals surface area contributed by atoms with Gasteiger partial charge in [0.15, 0.2) is 0 Å². The molecule has 1 rings (SSSR count). The first kappa shape index (κ1) is 30.9. The number of ether oxygens (including phenoxy) is 1. The Hall–Kier alpha value is -0.120. The summed E-state index contributed by atoms with van der Waals surface area (Å²) in [5, 5.41) is 2.25. The summed E-state index contributed by atoms with van der Waals surface area (Å²) in [5.41, 5.74) is 0.0481. The highest BCUT2D eigenvalue weighted by atomic mass is 16.7. The van der Waals surface area contributed by atoms with Crippen LogP contribution in [0.2, 0.25) is 0 Å². The Kier molecular flexibility index (Phi) is 17.0. The predicted molar refractivity (Wildman–Crippen MR) is 145 cm³/mol. The van der Waals surface area contributed by atoms with Gasteiger partial charge in [-0.2, -0.15) is 5.06 Å². The van der Waals surface area contributed by atoms with E-state index in [0.717, 1.165) is 32.5 Å². The van der Waals surface area contributed by atoms with Crippen LogP contribution in [-0.4, -0.2) is 35.5 Å². The Morgan fingerprint density at radius 2 is 0.939 bits per heavy atom. The molecule has 1 saturated heterocycles. The van der Waals surface area contributed by atoms with Crippen molar-refractivity contribution in [3.05, 3.63) is 0 Å². The SMILES string of the molecule is CCCCCCCCCCCCCCCCCCOC1CC(C)(C)N(OCCC)C(C)(C)C1. The molecule has 1 fully saturated rings. The molecule has 0 unspecified atom stereocenters. The van der Waals surface area contributed by atoms with Crippen LogP contribution in [0.5, 0.6) is 0 Å². The van der Waals surface area contributed by atoms with Gasteiger partial charge in [0.25, 0.3) is 0 Å². The molecule has 3 heteroatoms. The Balaban J connectivity index is 1.96. The quantitative estimate of drug-likeness (QED) is 0.157. The lowest BCUT2D eigenvalue weighted by Crippen LogP contribution is -2.61. The molecular formula is C30H61NO2. The highest BCUT2D eigenvalue weighted by Crippen LogP contribution is 2.39. The van der Waals surface area contributed by atoms with Gasteiger partial charge < -0.3 is 4.74 Å². The van der Waals surface area contributed by atoms with Crippen LogP contribution in [0.3, 0.4) is 0 Å². The molecule has 198 valence electrons. The average Bonchev–Trinajstić information content (AvgIpc) is 2.74. The minimum atomic E-state index is 0.0240. The van der Waals surface area contributed by atoms with Crippen LogP contribution < -0.4 is 0 Å². The summed E-state index contributed by atoms with van der Waals surface area (Å²) in [6.45, 7) is 15.4. The van der Waals surface area contributed by atoms with Crippen molar-refractivity contribution in [1.29, 1.82) is 0 Å². The molecule has 0 N–H and O–H groups in total. The molecule has 0 aliphatic carbocycles. The lowest BCUT2D eigenvalue weighted by molar-refractivity contribution is -0.294. The number of hydrogen-bond acceptors (Lipinski definition) is 3. The van der Waals surface area contributed by atoms with Gasteiger partial charge in [0.2, 0.25) is 0 Å². The second-order valence-corrected chi connectivity index (χ2v) is 12.0. The molecule has 0 amide bonds. The van der Waals surface area contributed by atoms with Crippen molar-refractivity contribution in [3.8, 4) is 0 Å². The standard InChI is InChI=1S/C30H61NO2/c1-7-9-10-11-12-13-14-15-16-17-18-19-20-21-22-23-25-32-28-26-29(3,4)31(33-24-8-2)30(5,6)27-28/h28H,7-27H2,1-6H3. The van der Waals surface area contributed by atoms with Gasteiger partial charge >= 0.3 is 0 Å². The van der Waals surface area contributed by atoms with Gasteiger partial charge in [-0.05, 0) is 53.4 Å². The summed E-state index contributed by atoms with van der Waals surface area (Å²) in [6.07, 6.45) is 26.2. The Morgan fingerprint density at radius 3 is 1.33 bits per heavy atom. The minimum absolute atomic E-state index is 0.0240. The van der Waals surface area contributed by atoms with Crippen LogP contribution in [0, 0.1) is 0 Å². The maximum absolute atomic E-state index is 6.34. The lowest BCUT2D eigenvalue weighted by Gasteiger charge is -2.53. The van der Waals surface area contributed by atoms with E-state index in [0.29, 0.717) is 6.10 Å². The highest BCUT2D eigenvalue weighted by Gasteiger charge is 2.46. The van der Waals surface area contributed by atoms with E-state index in [4.69, 9.17) is 9.57 Å². The van der Waals surface area contributed by atoms with E-state index in [9.17, 15) is 0 Å². The Bertz CT molecular complexity index is 431. The summed E-state index contributed by atoms with van der Waals surface area (Å²) in [6, 6.07) is 0. The molecule has 0 spiro atoms. The second kappa shape index (κ2) is 18.2. The van der Waals surface area contributed by atoms with Crippen molar-refractivity contribution >= 4 is 0 Å². The van der Waals surface area contributed by atoms with Crippen LogP contribution in [0.1, 0.15) is 164 Å². The van der Waals surface area contributed by atoms with Gasteiger partial charge in [-0.1, -0.05) is 110 Å². The van der Waals surface area contributed by atoms with E-state index in [1.165, 1.54) is 103 Å². The number of piperidine rings is 1. The zero-order chi connectivity index (χ0) is 24.4. The molecule has 0 atom stereocenters. The average molecular weight is 468 g/mol. The molecular weight excluding hydrogens is 406 g/mol. The van der Waals surface area contributed by atoms with E-state index in [-0.39, 0.29) is 11.1 Å². The number of hydroxylamine groups is 2. The number of hydrogen-bond donors (Lipinski definition) is 0. The van der Waals surface area contributed by atoms with Crippen LogP contribution in [0.4, 0.5) is 0 Å².